The Morgan fingerprint density at radius 3 is 2.69 bits per heavy atom. The van der Waals surface area contributed by atoms with Gasteiger partial charge < -0.3 is 14.6 Å². The fourth-order valence-corrected chi connectivity index (χ4v) is 1.41. The molecule has 0 radical (unpaired) electrons. The van der Waals surface area contributed by atoms with Gasteiger partial charge >= 0.3 is 0 Å². The summed E-state index contributed by atoms with van der Waals surface area (Å²) in [5.41, 5.74) is -0.0737. The van der Waals surface area contributed by atoms with Crippen LogP contribution in [0, 0.1) is 0 Å². The van der Waals surface area contributed by atoms with Crippen LogP contribution in [0.25, 0.3) is 0 Å². The third kappa shape index (κ3) is 4.28. The van der Waals surface area contributed by atoms with Gasteiger partial charge in [0, 0.05) is 13.6 Å². The zero-order valence-electron chi connectivity index (χ0n) is 10.8. The maximum Gasteiger partial charge on any atom is 0.149 e. The quantitative estimate of drug-likeness (QED) is 0.768. The van der Waals surface area contributed by atoms with Crippen LogP contribution in [0.5, 0.6) is 0 Å². The molecule has 0 amide bonds. The molecule has 0 fully saturated rings. The minimum atomic E-state index is -0.0737. The summed E-state index contributed by atoms with van der Waals surface area (Å²) < 4.78 is 7.54. The molecular weight excluding hydrogens is 204 g/mol. The van der Waals surface area contributed by atoms with E-state index in [1.165, 1.54) is 0 Å². The van der Waals surface area contributed by atoms with Crippen LogP contribution < -0.4 is 5.32 Å². The summed E-state index contributed by atoms with van der Waals surface area (Å²) in [4.78, 5) is 0. The number of nitrogens with zero attached hydrogens (tertiary/aromatic N) is 3. The monoisotopic (exact) mass is 226 g/mol. The van der Waals surface area contributed by atoms with Crippen LogP contribution >= 0.6 is 0 Å². The highest BCUT2D eigenvalue weighted by Gasteiger charge is 2.12. The van der Waals surface area contributed by atoms with E-state index < -0.39 is 0 Å². The van der Waals surface area contributed by atoms with Gasteiger partial charge in [0.25, 0.3) is 0 Å². The second-order valence-electron chi connectivity index (χ2n) is 4.94. The minimum absolute atomic E-state index is 0.0737. The van der Waals surface area contributed by atoms with E-state index in [9.17, 15) is 0 Å². The van der Waals surface area contributed by atoms with Crippen LogP contribution in [0.3, 0.4) is 0 Å². The van der Waals surface area contributed by atoms with Crippen LogP contribution in [0.1, 0.15) is 39.6 Å². The van der Waals surface area contributed by atoms with Crippen LogP contribution in [0.4, 0.5) is 0 Å². The fourth-order valence-electron chi connectivity index (χ4n) is 1.41. The van der Waals surface area contributed by atoms with Gasteiger partial charge in [-0.25, -0.2) is 0 Å². The first-order valence-corrected chi connectivity index (χ1v) is 5.61. The molecule has 5 nitrogen and oxygen atoms in total. The fraction of sp³-hybridized carbons (Fsp3) is 0.818. The molecule has 1 atom stereocenters. The van der Waals surface area contributed by atoms with E-state index in [1.807, 2.05) is 11.6 Å². The first-order chi connectivity index (χ1) is 7.40. The summed E-state index contributed by atoms with van der Waals surface area (Å²) in [5, 5.41) is 11.3. The SMILES string of the molecule is CC(NCCOC(C)(C)C)c1nncn1C. The highest BCUT2D eigenvalue weighted by atomic mass is 16.5. The highest BCUT2D eigenvalue weighted by molar-refractivity contribution is 4.91. The topological polar surface area (TPSA) is 52.0 Å². The van der Waals surface area contributed by atoms with E-state index in [4.69, 9.17) is 4.74 Å². The summed E-state index contributed by atoms with van der Waals surface area (Å²) in [7, 11) is 1.94. The van der Waals surface area contributed by atoms with Gasteiger partial charge in [-0.2, -0.15) is 0 Å². The van der Waals surface area contributed by atoms with E-state index >= 15 is 0 Å². The Kier molecular flexibility index (Phi) is 4.44. The first kappa shape index (κ1) is 13.1. The largest absolute Gasteiger partial charge is 0.375 e. The number of ether oxygens (including phenoxy) is 1. The summed E-state index contributed by atoms with van der Waals surface area (Å²) >= 11 is 0. The molecule has 0 aromatic carbocycles. The second kappa shape index (κ2) is 5.41. The van der Waals surface area contributed by atoms with E-state index in [0.717, 1.165) is 12.4 Å². The van der Waals surface area contributed by atoms with Gasteiger partial charge in [0.2, 0.25) is 0 Å². The average molecular weight is 226 g/mol. The molecule has 0 spiro atoms. The van der Waals surface area contributed by atoms with Crippen molar-refractivity contribution in [3.05, 3.63) is 12.2 Å². The maximum atomic E-state index is 5.62. The van der Waals surface area contributed by atoms with Crippen molar-refractivity contribution in [1.82, 2.24) is 20.1 Å². The van der Waals surface area contributed by atoms with E-state index in [0.29, 0.717) is 6.61 Å². The van der Waals surface area contributed by atoms with E-state index in [2.05, 4.69) is 43.2 Å². The standard InChI is InChI=1S/C11H22N4O/c1-9(10-14-13-8-15(10)5)12-6-7-16-11(2,3)4/h8-9,12H,6-7H2,1-5H3. The van der Waals surface area contributed by atoms with Gasteiger partial charge in [-0.1, -0.05) is 0 Å². The Balaban J connectivity index is 2.26. The normalized spacial score (nSPS) is 14.1. The molecular formula is C11H22N4O. The van der Waals surface area contributed by atoms with Crippen LogP contribution in [0.2, 0.25) is 0 Å². The molecule has 0 aliphatic carbocycles. The Morgan fingerprint density at radius 1 is 1.50 bits per heavy atom. The molecule has 1 aromatic heterocycles. The zero-order valence-corrected chi connectivity index (χ0v) is 10.8. The third-order valence-corrected chi connectivity index (χ3v) is 2.22. The highest BCUT2D eigenvalue weighted by Crippen LogP contribution is 2.08. The smallest absolute Gasteiger partial charge is 0.149 e. The lowest BCUT2D eigenvalue weighted by Crippen LogP contribution is -2.29. The summed E-state index contributed by atoms with van der Waals surface area (Å²) in [6.45, 7) is 9.75. The van der Waals surface area contributed by atoms with E-state index in [-0.39, 0.29) is 11.6 Å². The first-order valence-electron chi connectivity index (χ1n) is 5.61. The van der Waals surface area contributed by atoms with Crippen LogP contribution in [-0.4, -0.2) is 33.5 Å². The molecule has 1 aromatic rings. The van der Waals surface area contributed by atoms with Crippen molar-refractivity contribution in [2.24, 2.45) is 7.05 Å². The Labute approximate surface area is 97.2 Å². The molecule has 1 N–H and O–H groups in total. The van der Waals surface area contributed by atoms with Crippen LogP contribution in [-0.2, 0) is 11.8 Å². The van der Waals surface area contributed by atoms with Crippen molar-refractivity contribution in [3.8, 4) is 0 Å². The summed E-state index contributed by atoms with van der Waals surface area (Å²) in [5.74, 6) is 0.941. The van der Waals surface area contributed by atoms with Gasteiger partial charge in [0.05, 0.1) is 18.2 Å². The average Bonchev–Trinajstić information content (AvgIpc) is 2.57. The number of aryl methyl sites for hydroxylation is 1. The summed E-state index contributed by atoms with van der Waals surface area (Å²) in [6, 6.07) is 0.191. The predicted octanol–water partition coefficient (Wildman–Crippen LogP) is 1.28. The molecule has 1 heterocycles. The van der Waals surface area contributed by atoms with Gasteiger partial charge in [0.15, 0.2) is 0 Å². The van der Waals surface area contributed by atoms with Gasteiger partial charge in [0.1, 0.15) is 12.2 Å². The van der Waals surface area contributed by atoms with Crippen molar-refractivity contribution in [2.45, 2.75) is 39.3 Å². The molecule has 1 unspecified atom stereocenters. The Bertz CT molecular complexity index is 316. The predicted molar refractivity (Wildman–Crippen MR) is 63.1 cm³/mol. The molecule has 0 bridgehead atoms. The van der Waals surface area contributed by atoms with E-state index in [1.54, 1.807) is 6.33 Å². The molecule has 5 heteroatoms. The molecule has 0 aliphatic rings. The molecule has 1 rings (SSSR count). The van der Waals surface area contributed by atoms with Crippen molar-refractivity contribution in [1.29, 1.82) is 0 Å². The van der Waals surface area contributed by atoms with Crippen molar-refractivity contribution < 1.29 is 4.74 Å². The van der Waals surface area contributed by atoms with Gasteiger partial charge in [-0.15, -0.1) is 10.2 Å². The number of nitrogens with one attached hydrogen (secondary N) is 1. The van der Waals surface area contributed by atoms with Gasteiger partial charge in [-0.05, 0) is 27.7 Å². The van der Waals surface area contributed by atoms with Crippen molar-refractivity contribution in [2.75, 3.05) is 13.2 Å². The lowest BCUT2D eigenvalue weighted by Gasteiger charge is -2.20. The number of hydrogen-bond donors (Lipinski definition) is 1. The number of aromatic nitrogens is 3. The van der Waals surface area contributed by atoms with Crippen molar-refractivity contribution in [3.63, 3.8) is 0 Å². The molecule has 0 saturated heterocycles. The maximum absolute atomic E-state index is 5.62. The Hall–Kier alpha value is -0.940. The zero-order chi connectivity index (χ0) is 12.2. The number of rotatable bonds is 5. The molecule has 0 saturated carbocycles. The number of hydrogen-bond acceptors (Lipinski definition) is 4. The molecule has 16 heavy (non-hydrogen) atoms. The lowest BCUT2D eigenvalue weighted by atomic mass is 10.2. The lowest BCUT2D eigenvalue weighted by molar-refractivity contribution is -0.00158. The second-order valence-corrected chi connectivity index (χ2v) is 4.94. The Morgan fingerprint density at radius 2 is 2.19 bits per heavy atom. The molecule has 92 valence electrons. The summed E-state index contributed by atoms with van der Waals surface area (Å²) in [6.07, 6.45) is 1.71. The third-order valence-electron chi connectivity index (χ3n) is 2.22. The van der Waals surface area contributed by atoms with Crippen LogP contribution in [0.15, 0.2) is 6.33 Å². The minimum Gasteiger partial charge on any atom is -0.375 e. The molecule has 0 aliphatic heterocycles. The van der Waals surface area contributed by atoms with Crippen molar-refractivity contribution >= 4 is 0 Å². The van der Waals surface area contributed by atoms with Gasteiger partial charge in [-0.3, -0.25) is 0 Å².